The average Bonchev–Trinajstić information content (AvgIpc) is 3.02. The lowest BCUT2D eigenvalue weighted by molar-refractivity contribution is -0.134. The molecule has 3 aliphatic rings. The van der Waals surface area contributed by atoms with Crippen LogP contribution < -0.4 is 4.90 Å². The van der Waals surface area contributed by atoms with E-state index in [1.807, 2.05) is 0 Å². The molecular weight excluding hydrogens is 380 g/mol. The number of hydrogen-bond donors (Lipinski definition) is 2. The largest absolute Gasteiger partial charge is 0.478 e. The van der Waals surface area contributed by atoms with Crippen molar-refractivity contribution in [2.45, 2.75) is 69.4 Å². The van der Waals surface area contributed by atoms with Gasteiger partial charge in [0.05, 0.1) is 0 Å². The van der Waals surface area contributed by atoms with Crippen molar-refractivity contribution in [2.75, 3.05) is 24.5 Å². The van der Waals surface area contributed by atoms with Gasteiger partial charge in [-0.05, 0) is 44.2 Å². The van der Waals surface area contributed by atoms with Gasteiger partial charge in [0.1, 0.15) is 0 Å². The zero-order chi connectivity index (χ0) is 21.4. The maximum Gasteiger partial charge on any atom is 0.328 e. The van der Waals surface area contributed by atoms with Crippen molar-refractivity contribution < 1.29 is 19.8 Å². The molecule has 4 rings (SSSR count). The Kier molecular flexibility index (Phi) is 7.91. The first-order chi connectivity index (χ1) is 14.5. The van der Waals surface area contributed by atoms with Crippen LogP contribution in [-0.2, 0) is 9.59 Å². The number of carboxylic acids is 2. The molecule has 1 aromatic carbocycles. The second-order valence-electron chi connectivity index (χ2n) is 8.65. The minimum atomic E-state index is -1.26. The smallest absolute Gasteiger partial charge is 0.328 e. The Morgan fingerprint density at radius 2 is 1.37 bits per heavy atom. The summed E-state index contributed by atoms with van der Waals surface area (Å²) >= 11 is 0. The number of rotatable bonds is 4. The molecule has 1 saturated carbocycles. The zero-order valence-electron chi connectivity index (χ0n) is 17.7. The Morgan fingerprint density at radius 1 is 0.833 bits per heavy atom. The molecule has 1 aromatic rings. The molecule has 164 valence electrons. The number of benzene rings is 1. The Hall–Kier alpha value is -2.34. The van der Waals surface area contributed by atoms with Crippen molar-refractivity contribution in [3.63, 3.8) is 0 Å². The molecule has 0 amide bonds. The van der Waals surface area contributed by atoms with Gasteiger partial charge >= 0.3 is 11.9 Å². The van der Waals surface area contributed by atoms with E-state index in [4.69, 9.17) is 10.2 Å². The molecule has 0 bridgehead atoms. The van der Waals surface area contributed by atoms with Gasteiger partial charge in [0.25, 0.3) is 0 Å². The molecule has 0 unspecified atom stereocenters. The van der Waals surface area contributed by atoms with E-state index in [-0.39, 0.29) is 0 Å². The molecule has 2 heterocycles. The number of carbonyl (C=O) groups is 2. The van der Waals surface area contributed by atoms with E-state index in [0.29, 0.717) is 17.7 Å². The molecule has 2 aliphatic heterocycles. The standard InChI is InChI=1S/C20H30N2.C4H4O4/c1-2-5-9-18(8-4-1)21-15-12-20(13-16-21)14-17-22(20)19-10-6-3-7-11-19;5-3(6)1-2-4(7)8/h3,6-7,10-11,18H,1-2,4-5,8-9,12-17H2;1-2H,(H,5,6)(H,7,8). The van der Waals surface area contributed by atoms with Crippen LogP contribution in [0.25, 0.3) is 0 Å². The van der Waals surface area contributed by atoms with E-state index in [2.05, 4.69) is 40.1 Å². The first-order valence-electron chi connectivity index (χ1n) is 11.2. The Morgan fingerprint density at radius 3 is 1.83 bits per heavy atom. The summed E-state index contributed by atoms with van der Waals surface area (Å²) in [5.74, 6) is -2.51. The maximum atomic E-state index is 9.55. The molecule has 0 radical (unpaired) electrons. The van der Waals surface area contributed by atoms with E-state index < -0.39 is 11.9 Å². The lowest BCUT2D eigenvalue weighted by atomic mass is 9.75. The summed E-state index contributed by atoms with van der Waals surface area (Å²) in [6.07, 6.45) is 14.0. The summed E-state index contributed by atoms with van der Waals surface area (Å²) in [6.45, 7) is 3.91. The molecular formula is C24H34N2O4. The number of carboxylic acid groups (broad SMARTS) is 2. The number of para-hydroxylation sites is 1. The fraction of sp³-hybridized carbons (Fsp3) is 0.583. The molecule has 0 atom stereocenters. The summed E-state index contributed by atoms with van der Waals surface area (Å²) in [5.41, 5.74) is 1.93. The van der Waals surface area contributed by atoms with E-state index >= 15 is 0 Å². The average molecular weight is 415 g/mol. The first kappa shape index (κ1) is 22.3. The monoisotopic (exact) mass is 414 g/mol. The highest BCUT2D eigenvalue weighted by molar-refractivity contribution is 5.89. The second kappa shape index (κ2) is 10.6. The molecule has 3 fully saturated rings. The van der Waals surface area contributed by atoms with Crippen molar-refractivity contribution in [1.82, 2.24) is 4.90 Å². The lowest BCUT2D eigenvalue weighted by Gasteiger charge is -2.58. The topological polar surface area (TPSA) is 81.1 Å². The molecule has 0 aromatic heterocycles. The number of anilines is 1. The summed E-state index contributed by atoms with van der Waals surface area (Å²) in [6, 6.07) is 12.0. The van der Waals surface area contributed by atoms with Crippen LogP contribution in [0.5, 0.6) is 0 Å². The number of likely N-dealkylation sites (tertiary alicyclic amines) is 1. The van der Waals surface area contributed by atoms with E-state index in [1.165, 1.54) is 83.1 Å². The second-order valence-corrected chi connectivity index (χ2v) is 8.65. The highest BCUT2D eigenvalue weighted by Gasteiger charge is 2.47. The summed E-state index contributed by atoms with van der Waals surface area (Å²) in [4.78, 5) is 24.6. The SMILES string of the molecule is O=C(O)C=CC(=O)O.c1ccc(N2CCC23CCN(C2CCCCCC2)CC3)cc1. The van der Waals surface area contributed by atoms with Crippen molar-refractivity contribution >= 4 is 17.6 Å². The van der Waals surface area contributed by atoms with E-state index in [0.717, 1.165) is 6.04 Å². The zero-order valence-corrected chi connectivity index (χ0v) is 17.7. The van der Waals surface area contributed by atoms with Crippen molar-refractivity contribution in [3.05, 3.63) is 42.5 Å². The molecule has 1 aliphatic carbocycles. The van der Waals surface area contributed by atoms with Crippen LogP contribution >= 0.6 is 0 Å². The van der Waals surface area contributed by atoms with Gasteiger partial charge < -0.3 is 20.0 Å². The van der Waals surface area contributed by atoms with Gasteiger partial charge in [-0.1, -0.05) is 43.9 Å². The Balaban J connectivity index is 0.000000275. The fourth-order valence-corrected chi connectivity index (χ4v) is 5.14. The van der Waals surface area contributed by atoms with E-state index in [9.17, 15) is 9.59 Å². The number of hydrogen-bond acceptors (Lipinski definition) is 4. The molecule has 30 heavy (non-hydrogen) atoms. The molecule has 6 nitrogen and oxygen atoms in total. The van der Waals surface area contributed by atoms with Gasteiger partial charge in [0.15, 0.2) is 0 Å². The van der Waals surface area contributed by atoms with Crippen LogP contribution in [0.2, 0.25) is 0 Å². The quantitative estimate of drug-likeness (QED) is 0.569. The summed E-state index contributed by atoms with van der Waals surface area (Å²) in [7, 11) is 0. The van der Waals surface area contributed by atoms with Gasteiger partial charge in [-0.25, -0.2) is 9.59 Å². The third-order valence-corrected chi connectivity index (χ3v) is 6.88. The number of piperidine rings is 1. The number of aliphatic carboxylic acids is 2. The molecule has 2 saturated heterocycles. The minimum absolute atomic E-state index is 0.489. The van der Waals surface area contributed by atoms with Gasteiger partial charge in [-0.15, -0.1) is 0 Å². The van der Waals surface area contributed by atoms with Crippen molar-refractivity contribution in [3.8, 4) is 0 Å². The summed E-state index contributed by atoms with van der Waals surface area (Å²) in [5, 5.41) is 15.6. The van der Waals surface area contributed by atoms with E-state index in [1.54, 1.807) is 0 Å². The Bertz CT molecular complexity index is 702. The number of nitrogens with zero attached hydrogens (tertiary/aromatic N) is 2. The van der Waals surface area contributed by atoms with Crippen LogP contribution in [0.3, 0.4) is 0 Å². The maximum absolute atomic E-state index is 9.55. The van der Waals surface area contributed by atoms with Crippen molar-refractivity contribution in [1.29, 1.82) is 0 Å². The van der Waals surface area contributed by atoms with Crippen LogP contribution in [-0.4, -0.2) is 58.3 Å². The van der Waals surface area contributed by atoms with Gasteiger partial charge in [-0.2, -0.15) is 0 Å². The predicted octanol–water partition coefficient (Wildman–Crippen LogP) is 4.17. The highest BCUT2D eigenvalue weighted by Crippen LogP contribution is 2.43. The lowest BCUT2D eigenvalue weighted by Crippen LogP contribution is -2.65. The van der Waals surface area contributed by atoms with Gasteiger partial charge in [-0.3, -0.25) is 0 Å². The van der Waals surface area contributed by atoms with Crippen LogP contribution in [0.4, 0.5) is 5.69 Å². The van der Waals surface area contributed by atoms with Gasteiger partial charge in [0.2, 0.25) is 0 Å². The van der Waals surface area contributed by atoms with Crippen molar-refractivity contribution in [2.24, 2.45) is 0 Å². The van der Waals surface area contributed by atoms with Gasteiger partial charge in [0, 0.05) is 49.1 Å². The predicted molar refractivity (Wildman–Crippen MR) is 118 cm³/mol. The van der Waals surface area contributed by atoms with Crippen LogP contribution in [0.1, 0.15) is 57.8 Å². The minimum Gasteiger partial charge on any atom is -0.478 e. The first-order valence-corrected chi connectivity index (χ1v) is 11.2. The third-order valence-electron chi connectivity index (χ3n) is 6.88. The third kappa shape index (κ3) is 5.85. The molecule has 2 N–H and O–H groups in total. The molecule has 1 spiro atoms. The van der Waals surface area contributed by atoms with Crippen LogP contribution in [0.15, 0.2) is 42.5 Å². The fourth-order valence-electron chi connectivity index (χ4n) is 5.14. The highest BCUT2D eigenvalue weighted by atomic mass is 16.4. The molecule has 6 heteroatoms. The van der Waals surface area contributed by atoms with Crippen LogP contribution in [0, 0.1) is 0 Å². The summed E-state index contributed by atoms with van der Waals surface area (Å²) < 4.78 is 0. The normalized spacial score (nSPS) is 22.1. The Labute approximate surface area is 179 Å².